The minimum absolute atomic E-state index is 0.166. The molecule has 1 saturated carbocycles. The highest BCUT2D eigenvalue weighted by Crippen LogP contribution is 2.42. The van der Waals surface area contributed by atoms with Crippen molar-refractivity contribution in [2.24, 2.45) is 5.92 Å². The van der Waals surface area contributed by atoms with Crippen molar-refractivity contribution in [2.75, 3.05) is 27.4 Å². The van der Waals surface area contributed by atoms with Crippen LogP contribution in [0.25, 0.3) is 11.1 Å². The molecule has 0 saturated heterocycles. The highest BCUT2D eigenvalue weighted by molar-refractivity contribution is 6.31. The molecule has 0 unspecified atom stereocenters. The molecule has 2 aromatic rings. The van der Waals surface area contributed by atoms with E-state index in [0.29, 0.717) is 36.2 Å². The smallest absolute Gasteiger partial charge is 0.226 e. The number of amides is 1. The molecule has 6 heteroatoms. The molecule has 2 aromatic carbocycles. The lowest BCUT2D eigenvalue weighted by Gasteiger charge is -2.30. The molecule has 0 N–H and O–H groups in total. The Hall–Kier alpha value is -2.40. The minimum atomic E-state index is 0.166. The maximum atomic E-state index is 12.8. The van der Waals surface area contributed by atoms with E-state index in [-0.39, 0.29) is 11.8 Å². The second-order valence-electron chi connectivity index (χ2n) is 7.25. The standard InChI is InChI=1S/C22H24ClNO4/c1-26-19-7-6-17(23)12-18(19)15-10-16-13-24(22(25)14-4-3-5-14)8-9-28-21(16)20(11-15)27-2/h6-7,10-12,14H,3-5,8-9,13H2,1-2H3. The van der Waals surface area contributed by atoms with E-state index in [0.717, 1.165) is 41.7 Å². The topological polar surface area (TPSA) is 48.0 Å². The van der Waals surface area contributed by atoms with Crippen molar-refractivity contribution in [3.8, 4) is 28.4 Å². The predicted molar refractivity (Wildman–Crippen MR) is 108 cm³/mol. The highest BCUT2D eigenvalue weighted by Gasteiger charge is 2.31. The molecule has 2 aliphatic rings. The van der Waals surface area contributed by atoms with E-state index >= 15 is 0 Å². The van der Waals surface area contributed by atoms with Crippen molar-refractivity contribution in [3.05, 3.63) is 40.9 Å². The number of methoxy groups -OCH3 is 2. The first-order valence-electron chi connectivity index (χ1n) is 9.57. The van der Waals surface area contributed by atoms with Crippen LogP contribution in [0.1, 0.15) is 24.8 Å². The fourth-order valence-corrected chi connectivity index (χ4v) is 3.97. The number of nitrogens with zero attached hydrogens (tertiary/aromatic N) is 1. The van der Waals surface area contributed by atoms with Crippen molar-refractivity contribution >= 4 is 17.5 Å². The van der Waals surface area contributed by atoms with Crippen LogP contribution in [0.15, 0.2) is 30.3 Å². The number of rotatable bonds is 4. The van der Waals surface area contributed by atoms with Crippen molar-refractivity contribution < 1.29 is 19.0 Å². The minimum Gasteiger partial charge on any atom is -0.496 e. The quantitative estimate of drug-likeness (QED) is 0.754. The zero-order valence-electron chi connectivity index (χ0n) is 16.2. The van der Waals surface area contributed by atoms with Crippen molar-refractivity contribution in [2.45, 2.75) is 25.8 Å². The van der Waals surface area contributed by atoms with E-state index in [2.05, 4.69) is 0 Å². The Balaban J connectivity index is 1.75. The van der Waals surface area contributed by atoms with E-state index in [1.807, 2.05) is 29.2 Å². The third-order valence-corrected chi connectivity index (χ3v) is 5.79. The molecular formula is C22H24ClNO4. The van der Waals surface area contributed by atoms with Gasteiger partial charge in [-0.05, 0) is 48.7 Å². The third-order valence-electron chi connectivity index (χ3n) is 5.56. The van der Waals surface area contributed by atoms with Gasteiger partial charge in [0.25, 0.3) is 0 Å². The van der Waals surface area contributed by atoms with Gasteiger partial charge in [-0.1, -0.05) is 18.0 Å². The van der Waals surface area contributed by atoms with Crippen LogP contribution in [-0.4, -0.2) is 38.2 Å². The summed E-state index contributed by atoms with van der Waals surface area (Å²) in [5.41, 5.74) is 2.72. The fourth-order valence-electron chi connectivity index (χ4n) is 3.80. The molecule has 148 valence electrons. The van der Waals surface area contributed by atoms with Crippen LogP contribution in [0.3, 0.4) is 0 Å². The second-order valence-corrected chi connectivity index (χ2v) is 7.68. The van der Waals surface area contributed by atoms with Gasteiger partial charge >= 0.3 is 0 Å². The van der Waals surface area contributed by atoms with E-state index in [4.69, 9.17) is 25.8 Å². The van der Waals surface area contributed by atoms with Gasteiger partial charge in [0.05, 0.1) is 20.8 Å². The van der Waals surface area contributed by atoms with Crippen LogP contribution in [0.4, 0.5) is 0 Å². The van der Waals surface area contributed by atoms with Gasteiger partial charge in [-0.15, -0.1) is 0 Å². The van der Waals surface area contributed by atoms with Crippen molar-refractivity contribution in [3.63, 3.8) is 0 Å². The monoisotopic (exact) mass is 401 g/mol. The number of ether oxygens (including phenoxy) is 3. The largest absolute Gasteiger partial charge is 0.496 e. The number of fused-ring (bicyclic) bond motifs is 1. The second kappa shape index (κ2) is 7.92. The Bertz CT molecular complexity index is 894. The Morgan fingerprint density at radius 1 is 1.14 bits per heavy atom. The summed E-state index contributed by atoms with van der Waals surface area (Å²) in [5.74, 6) is 2.47. The number of hydrogen-bond acceptors (Lipinski definition) is 4. The zero-order chi connectivity index (χ0) is 19.7. The van der Waals surface area contributed by atoms with Gasteiger partial charge in [0.15, 0.2) is 11.5 Å². The first-order chi connectivity index (χ1) is 13.6. The summed E-state index contributed by atoms with van der Waals surface area (Å²) < 4.78 is 17.1. The summed E-state index contributed by atoms with van der Waals surface area (Å²) in [6.45, 7) is 1.56. The lowest BCUT2D eigenvalue weighted by molar-refractivity contribution is -0.138. The first kappa shape index (κ1) is 18.9. The summed E-state index contributed by atoms with van der Waals surface area (Å²) in [4.78, 5) is 14.7. The number of carbonyl (C=O) groups excluding carboxylic acids is 1. The molecule has 1 aliphatic heterocycles. The highest BCUT2D eigenvalue weighted by atomic mass is 35.5. The third kappa shape index (κ3) is 3.51. The van der Waals surface area contributed by atoms with Gasteiger partial charge in [0.1, 0.15) is 12.4 Å². The maximum absolute atomic E-state index is 12.8. The fraction of sp³-hybridized carbons (Fsp3) is 0.409. The molecule has 0 spiro atoms. The van der Waals surface area contributed by atoms with Gasteiger partial charge in [-0.25, -0.2) is 0 Å². The van der Waals surface area contributed by atoms with Crippen molar-refractivity contribution in [1.29, 1.82) is 0 Å². The Morgan fingerprint density at radius 3 is 2.61 bits per heavy atom. The molecule has 1 amide bonds. The summed E-state index contributed by atoms with van der Waals surface area (Å²) in [6, 6.07) is 9.48. The molecule has 0 radical (unpaired) electrons. The predicted octanol–water partition coefficient (Wildman–Crippen LogP) is 4.55. The average molecular weight is 402 g/mol. The van der Waals surface area contributed by atoms with Gasteiger partial charge in [-0.3, -0.25) is 4.79 Å². The summed E-state index contributed by atoms with van der Waals surface area (Å²) >= 11 is 6.22. The normalized spacial score (nSPS) is 16.5. The maximum Gasteiger partial charge on any atom is 0.226 e. The van der Waals surface area contributed by atoms with E-state index < -0.39 is 0 Å². The van der Waals surface area contributed by atoms with Gasteiger partial charge < -0.3 is 19.1 Å². The molecule has 1 fully saturated rings. The molecule has 0 aromatic heterocycles. The van der Waals surface area contributed by atoms with E-state index in [1.54, 1.807) is 20.3 Å². The van der Waals surface area contributed by atoms with Gasteiger partial charge in [0, 0.05) is 28.6 Å². The van der Waals surface area contributed by atoms with Crippen LogP contribution >= 0.6 is 11.6 Å². The Morgan fingerprint density at radius 2 is 1.93 bits per heavy atom. The molecule has 0 atom stereocenters. The van der Waals surface area contributed by atoms with E-state index in [9.17, 15) is 4.79 Å². The number of hydrogen-bond donors (Lipinski definition) is 0. The molecular weight excluding hydrogens is 378 g/mol. The van der Waals surface area contributed by atoms with Crippen LogP contribution < -0.4 is 14.2 Å². The Labute approximate surface area is 170 Å². The molecule has 4 rings (SSSR count). The van der Waals surface area contributed by atoms with Gasteiger partial charge in [-0.2, -0.15) is 0 Å². The molecule has 5 nitrogen and oxygen atoms in total. The average Bonchev–Trinajstić information content (AvgIpc) is 2.88. The summed E-state index contributed by atoms with van der Waals surface area (Å²) in [6.07, 6.45) is 3.13. The number of carbonyl (C=O) groups is 1. The SMILES string of the molecule is COc1ccc(Cl)cc1-c1cc2c(c(OC)c1)OCCN(C(=O)C1CCC1)C2. The van der Waals surface area contributed by atoms with Crippen LogP contribution in [0.5, 0.6) is 17.2 Å². The Kier molecular flexibility index (Phi) is 5.36. The van der Waals surface area contributed by atoms with Crippen LogP contribution in [-0.2, 0) is 11.3 Å². The molecule has 28 heavy (non-hydrogen) atoms. The number of benzene rings is 2. The summed E-state index contributed by atoms with van der Waals surface area (Å²) in [5, 5.41) is 0.628. The van der Waals surface area contributed by atoms with Crippen LogP contribution in [0, 0.1) is 5.92 Å². The lowest BCUT2D eigenvalue weighted by atomic mass is 9.84. The van der Waals surface area contributed by atoms with Crippen LogP contribution in [0.2, 0.25) is 5.02 Å². The van der Waals surface area contributed by atoms with Gasteiger partial charge in [0.2, 0.25) is 5.91 Å². The zero-order valence-corrected chi connectivity index (χ0v) is 16.9. The molecule has 0 bridgehead atoms. The molecule has 1 aliphatic carbocycles. The first-order valence-corrected chi connectivity index (χ1v) is 9.95. The summed E-state index contributed by atoms with van der Waals surface area (Å²) in [7, 11) is 3.26. The molecule has 1 heterocycles. The lowest BCUT2D eigenvalue weighted by Crippen LogP contribution is -2.39. The van der Waals surface area contributed by atoms with Crippen molar-refractivity contribution in [1.82, 2.24) is 4.90 Å². The number of halogens is 1. The van der Waals surface area contributed by atoms with E-state index in [1.165, 1.54) is 0 Å².